The number of nitrogen functional groups attached to an aromatic ring is 1. The van der Waals surface area contributed by atoms with Gasteiger partial charge in [-0.2, -0.15) is 5.10 Å². The molecule has 0 aliphatic carbocycles. The predicted molar refractivity (Wildman–Crippen MR) is 63.0 cm³/mol. The van der Waals surface area contributed by atoms with Crippen LogP contribution in [0, 0.1) is 0 Å². The molecule has 2 aromatic rings. The van der Waals surface area contributed by atoms with Gasteiger partial charge in [0.25, 0.3) is 0 Å². The van der Waals surface area contributed by atoms with E-state index in [0.717, 1.165) is 11.5 Å². The standard InChI is InChI=1S/C12H13N3O2/c13-9-5-14-15(6-9)7-10-8-16-11-3-1-2-4-12(11)17-10/h1-6,10H,7-8,13H2. The Morgan fingerprint density at radius 3 is 2.94 bits per heavy atom. The summed E-state index contributed by atoms with van der Waals surface area (Å²) in [4.78, 5) is 0. The van der Waals surface area contributed by atoms with Gasteiger partial charge < -0.3 is 15.2 Å². The number of ether oxygens (including phenoxy) is 2. The summed E-state index contributed by atoms with van der Waals surface area (Å²) in [6, 6.07) is 7.66. The highest BCUT2D eigenvalue weighted by atomic mass is 16.6. The number of hydrogen-bond donors (Lipinski definition) is 1. The first-order valence-corrected chi connectivity index (χ1v) is 5.48. The minimum atomic E-state index is -0.0378. The third-order valence-corrected chi connectivity index (χ3v) is 2.61. The van der Waals surface area contributed by atoms with Crippen LogP contribution in [-0.4, -0.2) is 22.5 Å². The zero-order valence-corrected chi connectivity index (χ0v) is 9.24. The van der Waals surface area contributed by atoms with Gasteiger partial charge in [-0.1, -0.05) is 12.1 Å². The highest BCUT2D eigenvalue weighted by Crippen LogP contribution is 2.31. The molecular formula is C12H13N3O2. The molecule has 5 nitrogen and oxygen atoms in total. The fourth-order valence-corrected chi connectivity index (χ4v) is 1.84. The average Bonchev–Trinajstić information content (AvgIpc) is 2.75. The molecule has 2 heterocycles. The molecule has 1 aliphatic heterocycles. The fourth-order valence-electron chi connectivity index (χ4n) is 1.84. The van der Waals surface area contributed by atoms with E-state index in [1.165, 1.54) is 0 Å². The van der Waals surface area contributed by atoms with Crippen LogP contribution in [0.1, 0.15) is 0 Å². The number of hydrogen-bond acceptors (Lipinski definition) is 4. The van der Waals surface area contributed by atoms with Gasteiger partial charge in [-0.05, 0) is 12.1 Å². The second kappa shape index (κ2) is 4.01. The number of nitrogens with zero attached hydrogens (tertiary/aromatic N) is 2. The largest absolute Gasteiger partial charge is 0.486 e. The predicted octanol–water partition coefficient (Wildman–Crippen LogP) is 1.31. The number of fused-ring (bicyclic) bond motifs is 1. The van der Waals surface area contributed by atoms with Crippen LogP contribution in [0.2, 0.25) is 0 Å². The molecule has 88 valence electrons. The molecule has 2 N–H and O–H groups in total. The summed E-state index contributed by atoms with van der Waals surface area (Å²) in [5.41, 5.74) is 6.26. The number of aromatic nitrogens is 2. The molecule has 0 saturated heterocycles. The van der Waals surface area contributed by atoms with Crippen LogP contribution in [0.4, 0.5) is 5.69 Å². The van der Waals surface area contributed by atoms with Gasteiger partial charge in [-0.25, -0.2) is 0 Å². The molecule has 1 aliphatic rings. The van der Waals surface area contributed by atoms with Crippen LogP contribution >= 0.6 is 0 Å². The second-order valence-electron chi connectivity index (χ2n) is 3.99. The normalized spacial score (nSPS) is 18.0. The van der Waals surface area contributed by atoms with Crippen LogP contribution < -0.4 is 15.2 Å². The average molecular weight is 231 g/mol. The Bertz CT molecular complexity index is 524. The lowest BCUT2D eigenvalue weighted by Gasteiger charge is -2.26. The minimum Gasteiger partial charge on any atom is -0.486 e. The van der Waals surface area contributed by atoms with E-state index in [9.17, 15) is 0 Å². The lowest BCUT2D eigenvalue weighted by molar-refractivity contribution is 0.0759. The molecule has 1 atom stereocenters. The van der Waals surface area contributed by atoms with Crippen molar-refractivity contribution < 1.29 is 9.47 Å². The van der Waals surface area contributed by atoms with Gasteiger partial charge >= 0.3 is 0 Å². The molecule has 0 saturated carbocycles. The van der Waals surface area contributed by atoms with Gasteiger partial charge in [-0.3, -0.25) is 4.68 Å². The Morgan fingerprint density at radius 1 is 1.35 bits per heavy atom. The zero-order chi connectivity index (χ0) is 11.7. The van der Waals surface area contributed by atoms with E-state index >= 15 is 0 Å². The topological polar surface area (TPSA) is 62.3 Å². The molecular weight excluding hydrogens is 218 g/mol. The Labute approximate surface area is 98.8 Å². The van der Waals surface area contributed by atoms with E-state index in [1.54, 1.807) is 17.1 Å². The van der Waals surface area contributed by atoms with Gasteiger partial charge in [0.15, 0.2) is 17.6 Å². The maximum absolute atomic E-state index is 5.82. The molecule has 17 heavy (non-hydrogen) atoms. The second-order valence-corrected chi connectivity index (χ2v) is 3.99. The summed E-state index contributed by atoms with van der Waals surface area (Å²) in [6.07, 6.45) is 3.37. The summed E-state index contributed by atoms with van der Waals surface area (Å²) < 4.78 is 13.2. The molecule has 3 rings (SSSR count). The number of para-hydroxylation sites is 2. The molecule has 5 heteroatoms. The third-order valence-electron chi connectivity index (χ3n) is 2.61. The zero-order valence-electron chi connectivity index (χ0n) is 9.24. The molecule has 1 aromatic heterocycles. The van der Waals surface area contributed by atoms with Crippen molar-refractivity contribution in [3.8, 4) is 11.5 Å². The van der Waals surface area contributed by atoms with Gasteiger partial charge in [0.2, 0.25) is 0 Å². The van der Waals surface area contributed by atoms with Crippen molar-refractivity contribution >= 4 is 5.69 Å². The van der Waals surface area contributed by atoms with Crippen molar-refractivity contribution in [2.24, 2.45) is 0 Å². The van der Waals surface area contributed by atoms with Crippen molar-refractivity contribution in [1.82, 2.24) is 9.78 Å². The molecule has 0 radical (unpaired) electrons. The molecule has 0 spiro atoms. The maximum Gasteiger partial charge on any atom is 0.161 e. The van der Waals surface area contributed by atoms with Gasteiger partial charge in [0.05, 0.1) is 18.4 Å². The lowest BCUT2D eigenvalue weighted by atomic mass is 10.2. The Hall–Kier alpha value is -2.17. The maximum atomic E-state index is 5.82. The van der Waals surface area contributed by atoms with Crippen LogP contribution in [0.25, 0.3) is 0 Å². The Balaban J connectivity index is 1.72. The first-order valence-electron chi connectivity index (χ1n) is 5.48. The highest BCUT2D eigenvalue weighted by Gasteiger charge is 2.21. The summed E-state index contributed by atoms with van der Waals surface area (Å²) in [7, 11) is 0. The summed E-state index contributed by atoms with van der Waals surface area (Å²) >= 11 is 0. The van der Waals surface area contributed by atoms with Crippen molar-refractivity contribution in [3.63, 3.8) is 0 Å². The van der Waals surface area contributed by atoms with E-state index in [0.29, 0.717) is 18.8 Å². The van der Waals surface area contributed by atoms with E-state index in [2.05, 4.69) is 5.10 Å². The van der Waals surface area contributed by atoms with Crippen LogP contribution in [0.15, 0.2) is 36.7 Å². The molecule has 0 bridgehead atoms. The Morgan fingerprint density at radius 2 is 2.18 bits per heavy atom. The third kappa shape index (κ3) is 2.04. The van der Waals surface area contributed by atoms with Crippen LogP contribution in [-0.2, 0) is 6.54 Å². The smallest absolute Gasteiger partial charge is 0.161 e. The van der Waals surface area contributed by atoms with Crippen LogP contribution in [0.3, 0.4) is 0 Å². The quantitative estimate of drug-likeness (QED) is 0.846. The van der Waals surface area contributed by atoms with E-state index in [-0.39, 0.29) is 6.10 Å². The summed E-state index contributed by atoms with van der Waals surface area (Å²) in [5.74, 6) is 1.58. The minimum absolute atomic E-state index is 0.0378. The van der Waals surface area contributed by atoms with Gasteiger partial charge in [0.1, 0.15) is 6.61 Å². The SMILES string of the molecule is Nc1cnn(CC2COc3ccccc3O2)c1. The number of anilines is 1. The van der Waals surface area contributed by atoms with Crippen LogP contribution in [0.5, 0.6) is 11.5 Å². The number of benzene rings is 1. The van der Waals surface area contributed by atoms with E-state index in [1.807, 2.05) is 24.3 Å². The van der Waals surface area contributed by atoms with Crippen molar-refractivity contribution in [2.75, 3.05) is 12.3 Å². The first-order chi connectivity index (χ1) is 8.31. The van der Waals surface area contributed by atoms with Crippen molar-refractivity contribution in [3.05, 3.63) is 36.7 Å². The first kappa shape index (κ1) is 10.0. The Kier molecular flexibility index (Phi) is 2.36. The number of rotatable bonds is 2. The lowest BCUT2D eigenvalue weighted by Crippen LogP contribution is -2.33. The van der Waals surface area contributed by atoms with Gasteiger partial charge in [0, 0.05) is 6.20 Å². The fraction of sp³-hybridized carbons (Fsp3) is 0.250. The molecule has 1 unspecified atom stereocenters. The number of nitrogens with two attached hydrogens (primary N) is 1. The molecule has 0 amide bonds. The van der Waals surface area contributed by atoms with E-state index < -0.39 is 0 Å². The van der Waals surface area contributed by atoms with E-state index in [4.69, 9.17) is 15.2 Å². The summed E-state index contributed by atoms with van der Waals surface area (Å²) in [5, 5.41) is 4.12. The van der Waals surface area contributed by atoms with Crippen molar-refractivity contribution in [1.29, 1.82) is 0 Å². The molecule has 0 fully saturated rings. The highest BCUT2D eigenvalue weighted by molar-refractivity contribution is 5.40. The molecule has 1 aromatic carbocycles. The van der Waals surface area contributed by atoms with Gasteiger partial charge in [-0.15, -0.1) is 0 Å². The summed E-state index contributed by atoms with van der Waals surface area (Å²) in [6.45, 7) is 1.16. The monoisotopic (exact) mass is 231 g/mol. The van der Waals surface area contributed by atoms with Crippen molar-refractivity contribution in [2.45, 2.75) is 12.6 Å².